The molecule has 1 heterocycles. The maximum atomic E-state index is 6.15. The zero-order valence-corrected chi connectivity index (χ0v) is 13.0. The molecule has 102 valence electrons. The van der Waals surface area contributed by atoms with E-state index >= 15 is 0 Å². The van der Waals surface area contributed by atoms with Crippen LogP contribution in [0.25, 0.3) is 0 Å². The second-order valence-electron chi connectivity index (χ2n) is 4.40. The zero-order chi connectivity index (χ0) is 13.8. The Morgan fingerprint density at radius 3 is 2.68 bits per heavy atom. The lowest BCUT2D eigenvalue weighted by molar-refractivity contribution is 0.685. The number of benzene rings is 1. The van der Waals surface area contributed by atoms with Crippen LogP contribution in [0.4, 0.5) is 5.13 Å². The third-order valence-corrected chi connectivity index (χ3v) is 4.97. The van der Waals surface area contributed by atoms with E-state index in [0.29, 0.717) is 0 Å². The van der Waals surface area contributed by atoms with Crippen LogP contribution in [0.1, 0.15) is 24.9 Å². The minimum atomic E-state index is 0.0740. The van der Waals surface area contributed by atoms with Gasteiger partial charge in [-0.25, -0.2) is 0 Å². The third kappa shape index (κ3) is 3.46. The van der Waals surface area contributed by atoms with Gasteiger partial charge in [0.1, 0.15) is 0 Å². The molecule has 0 radical (unpaired) electrons. The highest BCUT2D eigenvalue weighted by Crippen LogP contribution is 2.36. The molecule has 0 spiro atoms. The Labute approximate surface area is 122 Å². The van der Waals surface area contributed by atoms with Crippen molar-refractivity contribution in [2.24, 2.45) is 5.73 Å². The van der Waals surface area contributed by atoms with Crippen LogP contribution < -0.4 is 10.6 Å². The lowest BCUT2D eigenvalue weighted by Crippen LogP contribution is -2.09. The minimum absolute atomic E-state index is 0.0740. The van der Waals surface area contributed by atoms with Crippen LogP contribution in [-0.2, 0) is 0 Å². The molecule has 0 fully saturated rings. The van der Waals surface area contributed by atoms with Gasteiger partial charge in [-0.2, -0.15) is 0 Å². The predicted octanol–water partition coefficient (Wildman–Crippen LogP) is 3.17. The molecule has 2 aromatic rings. The molecule has 0 aliphatic carbocycles. The molecular weight excluding hydrogens is 276 g/mol. The monoisotopic (exact) mass is 294 g/mol. The quantitative estimate of drug-likeness (QED) is 0.918. The van der Waals surface area contributed by atoms with Crippen LogP contribution in [0.5, 0.6) is 0 Å². The summed E-state index contributed by atoms with van der Waals surface area (Å²) in [6, 6.07) is 8.31. The Bertz CT molecular complexity index is 539. The molecule has 0 bridgehead atoms. The molecule has 1 aromatic carbocycles. The van der Waals surface area contributed by atoms with E-state index in [4.69, 9.17) is 5.73 Å². The molecular formula is C13H18N4S2. The Morgan fingerprint density at radius 2 is 2.05 bits per heavy atom. The Balaban J connectivity index is 2.22. The highest BCUT2D eigenvalue weighted by atomic mass is 32.2. The van der Waals surface area contributed by atoms with Crippen molar-refractivity contribution in [2.45, 2.75) is 28.6 Å². The molecule has 1 unspecified atom stereocenters. The molecule has 1 atom stereocenters. The Kier molecular flexibility index (Phi) is 4.79. The smallest absolute Gasteiger partial charge is 0.208 e. The average Bonchev–Trinajstić information content (AvgIpc) is 2.87. The van der Waals surface area contributed by atoms with Gasteiger partial charge in [-0.15, -0.1) is 10.2 Å². The molecule has 0 saturated heterocycles. The molecule has 6 heteroatoms. The number of nitrogens with two attached hydrogens (primary N) is 1. The van der Waals surface area contributed by atoms with E-state index in [2.05, 4.69) is 29.3 Å². The fraction of sp³-hybridized carbons (Fsp3) is 0.385. The fourth-order valence-electron chi connectivity index (χ4n) is 1.62. The summed E-state index contributed by atoms with van der Waals surface area (Å²) >= 11 is 3.22. The van der Waals surface area contributed by atoms with E-state index in [-0.39, 0.29) is 6.04 Å². The van der Waals surface area contributed by atoms with Crippen molar-refractivity contribution < 1.29 is 0 Å². The number of anilines is 1. The van der Waals surface area contributed by atoms with Crippen LogP contribution in [0.3, 0.4) is 0 Å². The third-order valence-electron chi connectivity index (χ3n) is 2.73. The highest BCUT2D eigenvalue weighted by Gasteiger charge is 2.13. The SMILES string of the molecule is CCC(N)c1ccccc1Sc1nnc(N(C)C)s1. The van der Waals surface area contributed by atoms with Gasteiger partial charge in [-0.1, -0.05) is 48.2 Å². The molecule has 0 aliphatic rings. The van der Waals surface area contributed by atoms with Crippen molar-refractivity contribution in [1.29, 1.82) is 0 Å². The zero-order valence-electron chi connectivity index (χ0n) is 11.3. The maximum Gasteiger partial charge on any atom is 0.208 e. The number of hydrogen-bond acceptors (Lipinski definition) is 6. The molecule has 4 nitrogen and oxygen atoms in total. The van der Waals surface area contributed by atoms with E-state index in [1.807, 2.05) is 31.1 Å². The topological polar surface area (TPSA) is 55.0 Å². The van der Waals surface area contributed by atoms with Crippen LogP contribution in [0.2, 0.25) is 0 Å². The Morgan fingerprint density at radius 1 is 1.32 bits per heavy atom. The summed E-state index contributed by atoms with van der Waals surface area (Å²) in [6.07, 6.45) is 0.927. The number of nitrogens with zero attached hydrogens (tertiary/aromatic N) is 3. The maximum absolute atomic E-state index is 6.15. The van der Waals surface area contributed by atoms with Crippen molar-refractivity contribution in [2.75, 3.05) is 19.0 Å². The van der Waals surface area contributed by atoms with Crippen molar-refractivity contribution in [1.82, 2.24) is 10.2 Å². The molecule has 2 N–H and O–H groups in total. The van der Waals surface area contributed by atoms with E-state index in [9.17, 15) is 0 Å². The van der Waals surface area contributed by atoms with Gasteiger partial charge >= 0.3 is 0 Å². The van der Waals surface area contributed by atoms with Gasteiger partial charge in [0.05, 0.1) is 0 Å². The summed E-state index contributed by atoms with van der Waals surface area (Å²) in [5.41, 5.74) is 7.33. The summed E-state index contributed by atoms with van der Waals surface area (Å²) in [5, 5.41) is 9.27. The summed E-state index contributed by atoms with van der Waals surface area (Å²) in [7, 11) is 3.94. The fourth-order valence-corrected chi connectivity index (χ4v) is 3.53. The summed E-state index contributed by atoms with van der Waals surface area (Å²) in [5.74, 6) is 0. The van der Waals surface area contributed by atoms with E-state index in [0.717, 1.165) is 15.9 Å². The molecule has 19 heavy (non-hydrogen) atoms. The van der Waals surface area contributed by atoms with Crippen molar-refractivity contribution >= 4 is 28.2 Å². The normalized spacial score (nSPS) is 12.4. The van der Waals surface area contributed by atoms with E-state index < -0.39 is 0 Å². The van der Waals surface area contributed by atoms with Gasteiger partial charge in [-0.3, -0.25) is 0 Å². The van der Waals surface area contributed by atoms with E-state index in [1.165, 1.54) is 10.5 Å². The Hall–Kier alpha value is -1.11. The molecule has 2 rings (SSSR count). The van der Waals surface area contributed by atoms with Gasteiger partial charge in [0.25, 0.3) is 0 Å². The summed E-state index contributed by atoms with van der Waals surface area (Å²) in [4.78, 5) is 3.13. The summed E-state index contributed by atoms with van der Waals surface area (Å²) in [6.45, 7) is 2.10. The first-order valence-corrected chi connectivity index (χ1v) is 7.78. The standard InChI is InChI=1S/C13H18N4S2/c1-4-10(14)9-7-5-6-8-11(9)18-13-16-15-12(19-13)17(2)3/h5-8,10H,4,14H2,1-3H3. The predicted molar refractivity (Wildman–Crippen MR) is 82.0 cm³/mol. The summed E-state index contributed by atoms with van der Waals surface area (Å²) < 4.78 is 0.944. The highest BCUT2D eigenvalue weighted by molar-refractivity contribution is 8.01. The second kappa shape index (κ2) is 6.36. The van der Waals surface area contributed by atoms with Gasteiger partial charge in [-0.05, 0) is 18.1 Å². The largest absolute Gasteiger partial charge is 0.353 e. The van der Waals surface area contributed by atoms with Crippen LogP contribution in [-0.4, -0.2) is 24.3 Å². The molecule has 0 aliphatic heterocycles. The number of hydrogen-bond donors (Lipinski definition) is 1. The van der Waals surface area contributed by atoms with Gasteiger partial charge in [0.15, 0.2) is 4.34 Å². The van der Waals surface area contributed by atoms with Crippen LogP contribution >= 0.6 is 23.1 Å². The first-order valence-electron chi connectivity index (χ1n) is 6.15. The first kappa shape index (κ1) is 14.3. The number of rotatable bonds is 5. The van der Waals surface area contributed by atoms with Crippen molar-refractivity contribution in [3.8, 4) is 0 Å². The van der Waals surface area contributed by atoms with Crippen molar-refractivity contribution in [3.63, 3.8) is 0 Å². The molecule has 0 saturated carbocycles. The lowest BCUT2D eigenvalue weighted by Gasteiger charge is -2.13. The van der Waals surface area contributed by atoms with Crippen LogP contribution in [0.15, 0.2) is 33.5 Å². The first-order chi connectivity index (χ1) is 9.11. The van der Waals surface area contributed by atoms with Gasteiger partial charge < -0.3 is 10.6 Å². The van der Waals surface area contributed by atoms with Crippen molar-refractivity contribution in [3.05, 3.63) is 29.8 Å². The van der Waals surface area contributed by atoms with Crippen LogP contribution in [0, 0.1) is 0 Å². The molecule has 0 amide bonds. The molecule has 1 aromatic heterocycles. The lowest BCUT2D eigenvalue weighted by atomic mass is 10.1. The van der Waals surface area contributed by atoms with E-state index in [1.54, 1.807) is 23.1 Å². The minimum Gasteiger partial charge on any atom is -0.353 e. The van der Waals surface area contributed by atoms with Gasteiger partial charge in [0, 0.05) is 25.0 Å². The van der Waals surface area contributed by atoms with Gasteiger partial charge in [0.2, 0.25) is 5.13 Å². The average molecular weight is 294 g/mol. The number of aromatic nitrogens is 2. The second-order valence-corrected chi connectivity index (χ2v) is 6.64.